The maximum absolute atomic E-state index is 13.4. The lowest BCUT2D eigenvalue weighted by atomic mass is 10.0. The number of aryl methyl sites for hydroxylation is 2. The molecule has 7 nitrogen and oxygen atoms in total. The van der Waals surface area contributed by atoms with Crippen LogP contribution in [0.1, 0.15) is 42.1 Å². The molecule has 0 aromatic carbocycles. The summed E-state index contributed by atoms with van der Waals surface area (Å²) < 4.78 is 20.5. The van der Waals surface area contributed by atoms with E-state index in [1.807, 2.05) is 6.20 Å². The summed E-state index contributed by atoms with van der Waals surface area (Å²) in [6, 6.07) is 4.25. The highest BCUT2D eigenvalue weighted by Crippen LogP contribution is 2.27. The van der Waals surface area contributed by atoms with Crippen LogP contribution >= 0.6 is 0 Å². The molecule has 3 rings (SSSR count). The first-order chi connectivity index (χ1) is 13.2. The number of methoxy groups -OCH3 is 1. The average molecular weight is 386 g/mol. The van der Waals surface area contributed by atoms with E-state index in [1.54, 1.807) is 30.5 Å². The standard InChI is InChI=1S/C20H23FN4O3/c1-12-14(21)5-6-15(22-12)19(26)24-16-11-25-10-13(7-8-20(2,3)27)23-18(25)9-17(16)28-4/h5-6,9-11,27H,7-8H2,1-4H3,(H,24,26). The van der Waals surface area contributed by atoms with Gasteiger partial charge in [0.2, 0.25) is 0 Å². The molecule has 0 unspecified atom stereocenters. The molecule has 3 aromatic rings. The van der Waals surface area contributed by atoms with Crippen molar-refractivity contribution in [2.75, 3.05) is 12.4 Å². The Morgan fingerprint density at radius 1 is 1.32 bits per heavy atom. The SMILES string of the molecule is COc1cc2nc(CCC(C)(C)O)cn2cc1NC(=O)c1ccc(F)c(C)n1. The summed E-state index contributed by atoms with van der Waals surface area (Å²) in [5.74, 6) is -0.491. The summed E-state index contributed by atoms with van der Waals surface area (Å²) in [4.78, 5) is 21.0. The Hall–Kier alpha value is -3.00. The number of anilines is 1. The van der Waals surface area contributed by atoms with E-state index in [-0.39, 0.29) is 11.4 Å². The zero-order valence-electron chi connectivity index (χ0n) is 16.3. The van der Waals surface area contributed by atoms with Crippen molar-refractivity contribution in [3.8, 4) is 5.75 Å². The molecule has 8 heteroatoms. The van der Waals surface area contributed by atoms with Gasteiger partial charge in [0.1, 0.15) is 28.6 Å². The summed E-state index contributed by atoms with van der Waals surface area (Å²) in [5.41, 5.74) is 1.42. The van der Waals surface area contributed by atoms with Crippen molar-refractivity contribution in [1.29, 1.82) is 0 Å². The van der Waals surface area contributed by atoms with Crippen LogP contribution in [0, 0.1) is 12.7 Å². The van der Waals surface area contributed by atoms with Crippen molar-refractivity contribution in [3.63, 3.8) is 0 Å². The number of nitrogens with one attached hydrogen (secondary N) is 1. The molecule has 1 amide bonds. The van der Waals surface area contributed by atoms with Crippen LogP contribution in [0.5, 0.6) is 5.75 Å². The van der Waals surface area contributed by atoms with E-state index in [1.165, 1.54) is 26.2 Å². The molecule has 0 saturated carbocycles. The van der Waals surface area contributed by atoms with E-state index in [9.17, 15) is 14.3 Å². The van der Waals surface area contributed by atoms with Crippen LogP contribution in [0.2, 0.25) is 0 Å². The van der Waals surface area contributed by atoms with E-state index in [4.69, 9.17) is 4.74 Å². The second-order valence-electron chi connectivity index (χ2n) is 7.28. The van der Waals surface area contributed by atoms with Gasteiger partial charge in [0.25, 0.3) is 5.91 Å². The molecule has 148 valence electrons. The monoisotopic (exact) mass is 386 g/mol. The molecular weight excluding hydrogens is 363 g/mol. The highest BCUT2D eigenvalue weighted by Gasteiger charge is 2.16. The summed E-state index contributed by atoms with van der Waals surface area (Å²) >= 11 is 0. The van der Waals surface area contributed by atoms with Crippen molar-refractivity contribution in [2.24, 2.45) is 0 Å². The van der Waals surface area contributed by atoms with Crippen molar-refractivity contribution in [3.05, 3.63) is 53.5 Å². The van der Waals surface area contributed by atoms with Gasteiger partial charge >= 0.3 is 0 Å². The molecule has 0 aliphatic rings. The number of halogens is 1. The highest BCUT2D eigenvalue weighted by molar-refractivity contribution is 6.03. The molecule has 0 aliphatic heterocycles. The van der Waals surface area contributed by atoms with Crippen LogP contribution in [0.4, 0.5) is 10.1 Å². The minimum absolute atomic E-state index is 0.109. The zero-order chi connectivity index (χ0) is 20.5. The second-order valence-corrected chi connectivity index (χ2v) is 7.28. The lowest BCUT2D eigenvalue weighted by Crippen LogP contribution is -2.19. The van der Waals surface area contributed by atoms with Crippen molar-refractivity contribution >= 4 is 17.2 Å². The maximum Gasteiger partial charge on any atom is 0.274 e. The first-order valence-corrected chi connectivity index (χ1v) is 8.89. The molecule has 2 N–H and O–H groups in total. The Balaban J connectivity index is 1.87. The van der Waals surface area contributed by atoms with E-state index >= 15 is 0 Å². The molecule has 0 aliphatic carbocycles. The fourth-order valence-corrected chi connectivity index (χ4v) is 2.74. The number of amides is 1. The van der Waals surface area contributed by atoms with Crippen molar-refractivity contribution < 1.29 is 19.0 Å². The smallest absolute Gasteiger partial charge is 0.274 e. The van der Waals surface area contributed by atoms with Crippen molar-refractivity contribution in [1.82, 2.24) is 14.4 Å². The Kier molecular flexibility index (Phi) is 5.33. The topological polar surface area (TPSA) is 88.8 Å². The molecular formula is C20H23FN4O3. The fraction of sp³-hybridized carbons (Fsp3) is 0.350. The second kappa shape index (κ2) is 7.55. The first-order valence-electron chi connectivity index (χ1n) is 8.89. The fourth-order valence-electron chi connectivity index (χ4n) is 2.74. The van der Waals surface area contributed by atoms with Gasteiger partial charge in [-0.2, -0.15) is 0 Å². The Morgan fingerprint density at radius 2 is 2.07 bits per heavy atom. The summed E-state index contributed by atoms with van der Waals surface area (Å²) in [7, 11) is 1.50. The molecule has 0 atom stereocenters. The number of hydrogen-bond donors (Lipinski definition) is 2. The predicted octanol–water partition coefficient (Wildman–Crippen LogP) is 3.14. The Labute approximate surface area is 162 Å². The number of carbonyl (C=O) groups is 1. The van der Waals surface area contributed by atoms with Crippen LogP contribution in [0.15, 0.2) is 30.6 Å². The molecule has 28 heavy (non-hydrogen) atoms. The lowest BCUT2D eigenvalue weighted by Gasteiger charge is -2.15. The van der Waals surface area contributed by atoms with E-state index in [0.717, 1.165) is 5.69 Å². The summed E-state index contributed by atoms with van der Waals surface area (Å²) in [6.07, 6.45) is 4.74. The molecule has 0 saturated heterocycles. The Morgan fingerprint density at radius 3 is 2.71 bits per heavy atom. The van der Waals surface area contributed by atoms with Gasteiger partial charge in [0.05, 0.1) is 24.1 Å². The van der Waals surface area contributed by atoms with Gasteiger partial charge in [-0.3, -0.25) is 4.79 Å². The number of hydrogen-bond acceptors (Lipinski definition) is 5. The number of fused-ring (bicyclic) bond motifs is 1. The largest absolute Gasteiger partial charge is 0.494 e. The third-order valence-corrected chi connectivity index (χ3v) is 4.32. The molecule has 0 spiro atoms. The van der Waals surface area contributed by atoms with Gasteiger partial charge < -0.3 is 19.6 Å². The zero-order valence-corrected chi connectivity index (χ0v) is 16.3. The van der Waals surface area contributed by atoms with Gasteiger partial charge in [-0.05, 0) is 45.7 Å². The summed E-state index contributed by atoms with van der Waals surface area (Å²) in [6.45, 7) is 5.01. The number of rotatable bonds is 6. The quantitative estimate of drug-likeness (QED) is 0.679. The number of aromatic nitrogens is 3. The molecule has 3 heterocycles. The van der Waals surface area contributed by atoms with Crippen LogP contribution in [-0.4, -0.2) is 38.1 Å². The van der Waals surface area contributed by atoms with Gasteiger partial charge in [-0.1, -0.05) is 0 Å². The number of pyridine rings is 2. The third-order valence-electron chi connectivity index (χ3n) is 4.32. The number of aliphatic hydroxyl groups is 1. The average Bonchev–Trinajstić information content (AvgIpc) is 3.02. The molecule has 3 aromatic heterocycles. The van der Waals surface area contributed by atoms with Crippen LogP contribution in [0.25, 0.3) is 5.65 Å². The molecule has 0 radical (unpaired) electrons. The highest BCUT2D eigenvalue weighted by atomic mass is 19.1. The Bertz CT molecular complexity index is 1020. The first kappa shape index (κ1) is 19.8. The number of imidazole rings is 1. The van der Waals surface area contributed by atoms with Gasteiger partial charge in [0.15, 0.2) is 0 Å². The van der Waals surface area contributed by atoms with E-state index in [2.05, 4.69) is 15.3 Å². The van der Waals surface area contributed by atoms with E-state index < -0.39 is 17.3 Å². The van der Waals surface area contributed by atoms with E-state index in [0.29, 0.717) is 29.9 Å². The normalized spacial score (nSPS) is 11.6. The number of carbonyl (C=O) groups excluding carboxylic acids is 1. The lowest BCUT2D eigenvalue weighted by molar-refractivity contribution is 0.0711. The van der Waals surface area contributed by atoms with Crippen molar-refractivity contribution in [2.45, 2.75) is 39.2 Å². The summed E-state index contributed by atoms with van der Waals surface area (Å²) in [5, 5.41) is 12.6. The van der Waals surface area contributed by atoms with Gasteiger partial charge in [0, 0.05) is 18.5 Å². The van der Waals surface area contributed by atoms with Crippen LogP contribution in [-0.2, 0) is 6.42 Å². The number of nitrogens with zero attached hydrogens (tertiary/aromatic N) is 3. The molecule has 0 fully saturated rings. The van der Waals surface area contributed by atoms with Gasteiger partial charge in [-0.15, -0.1) is 0 Å². The minimum atomic E-state index is -0.771. The van der Waals surface area contributed by atoms with Gasteiger partial charge in [-0.25, -0.2) is 14.4 Å². The number of ether oxygens (including phenoxy) is 1. The predicted molar refractivity (Wildman–Crippen MR) is 103 cm³/mol. The molecule has 0 bridgehead atoms. The van der Waals surface area contributed by atoms with Crippen LogP contribution < -0.4 is 10.1 Å². The maximum atomic E-state index is 13.4. The minimum Gasteiger partial charge on any atom is -0.494 e. The third kappa shape index (κ3) is 4.45. The van der Waals surface area contributed by atoms with Crippen LogP contribution in [0.3, 0.4) is 0 Å².